The second kappa shape index (κ2) is 5.17. The molecular formula is C7H9ClF3N3O2. The topological polar surface area (TPSA) is 92.3 Å². The number of alkyl halides is 3. The monoisotopic (exact) mass is 259 g/mol. The largest absolute Gasteiger partial charge is 0.493 e. The first kappa shape index (κ1) is 14.7. The molecule has 0 aliphatic carbocycles. The van der Waals surface area contributed by atoms with Crippen molar-refractivity contribution in [3.63, 3.8) is 0 Å². The second-order valence-electron chi connectivity index (χ2n) is 2.82. The number of nitrogens with two attached hydrogens (primary N) is 1. The van der Waals surface area contributed by atoms with Gasteiger partial charge in [-0.15, -0.1) is 12.4 Å². The van der Waals surface area contributed by atoms with Crippen molar-refractivity contribution >= 4 is 18.2 Å². The van der Waals surface area contributed by atoms with E-state index in [4.69, 9.17) is 15.9 Å². The van der Waals surface area contributed by atoms with Gasteiger partial charge in [0.25, 0.3) is 0 Å². The molecule has 0 saturated heterocycles. The van der Waals surface area contributed by atoms with Crippen molar-refractivity contribution in [2.24, 2.45) is 0 Å². The summed E-state index contributed by atoms with van der Waals surface area (Å²) in [4.78, 5) is 6.66. The highest BCUT2D eigenvalue weighted by Gasteiger charge is 2.39. The van der Waals surface area contributed by atoms with Gasteiger partial charge in [0.05, 0.1) is 5.56 Å². The van der Waals surface area contributed by atoms with Crippen LogP contribution in [0.4, 0.5) is 19.0 Å². The summed E-state index contributed by atoms with van der Waals surface area (Å²) in [5.41, 5.74) is 4.91. The SMILES string of the molecule is Cl.Nc1ncnc(O)c1CC(O)C(F)(F)F. The van der Waals surface area contributed by atoms with Crippen LogP contribution in [0, 0.1) is 0 Å². The van der Waals surface area contributed by atoms with Gasteiger partial charge in [0.1, 0.15) is 12.1 Å². The van der Waals surface area contributed by atoms with Crippen molar-refractivity contribution in [2.45, 2.75) is 18.7 Å². The van der Waals surface area contributed by atoms with E-state index in [1.54, 1.807) is 0 Å². The van der Waals surface area contributed by atoms with E-state index in [1.165, 1.54) is 0 Å². The van der Waals surface area contributed by atoms with Gasteiger partial charge in [0.2, 0.25) is 5.88 Å². The van der Waals surface area contributed by atoms with Crippen LogP contribution in [-0.2, 0) is 6.42 Å². The highest BCUT2D eigenvalue weighted by Crippen LogP contribution is 2.27. The molecule has 0 spiro atoms. The molecule has 0 aliphatic rings. The van der Waals surface area contributed by atoms with Crippen LogP contribution in [0.25, 0.3) is 0 Å². The summed E-state index contributed by atoms with van der Waals surface area (Å²) in [5, 5.41) is 17.8. The van der Waals surface area contributed by atoms with Crippen molar-refractivity contribution in [1.82, 2.24) is 9.97 Å². The third kappa shape index (κ3) is 3.38. The number of aromatic nitrogens is 2. The Hall–Kier alpha value is -1.28. The minimum atomic E-state index is -4.77. The fourth-order valence-corrected chi connectivity index (χ4v) is 0.921. The first-order valence-corrected chi connectivity index (χ1v) is 3.85. The Morgan fingerprint density at radius 1 is 1.38 bits per heavy atom. The van der Waals surface area contributed by atoms with E-state index in [-0.39, 0.29) is 23.8 Å². The maximum absolute atomic E-state index is 12.0. The molecule has 1 aromatic heterocycles. The number of hydrogen-bond donors (Lipinski definition) is 3. The Balaban J connectivity index is 0.00000225. The predicted octanol–water partition coefficient (Wildman–Crippen LogP) is 0.652. The molecule has 0 bridgehead atoms. The zero-order valence-electron chi connectivity index (χ0n) is 7.77. The standard InChI is InChI=1S/C7H8F3N3O2.ClH/c8-7(9,10)4(14)1-3-5(11)12-2-13-6(3)15;/h2,4,14H,1H2,(H3,11,12,13,15);1H. The number of hydrogen-bond acceptors (Lipinski definition) is 5. The minimum absolute atomic E-state index is 0. The van der Waals surface area contributed by atoms with Crippen LogP contribution < -0.4 is 5.73 Å². The number of halogens is 4. The number of rotatable bonds is 2. The molecule has 0 aromatic carbocycles. The van der Waals surface area contributed by atoms with Crippen molar-refractivity contribution < 1.29 is 23.4 Å². The average Bonchev–Trinajstić information content (AvgIpc) is 2.09. The molecule has 5 nitrogen and oxygen atoms in total. The van der Waals surface area contributed by atoms with Gasteiger partial charge in [-0.25, -0.2) is 9.97 Å². The smallest absolute Gasteiger partial charge is 0.414 e. The lowest BCUT2D eigenvalue weighted by molar-refractivity contribution is -0.203. The molecule has 1 heterocycles. The van der Waals surface area contributed by atoms with Crippen LogP contribution >= 0.6 is 12.4 Å². The van der Waals surface area contributed by atoms with Gasteiger partial charge in [-0.1, -0.05) is 0 Å². The van der Waals surface area contributed by atoms with Crippen molar-refractivity contribution in [2.75, 3.05) is 5.73 Å². The first-order valence-electron chi connectivity index (χ1n) is 3.85. The number of aliphatic hydroxyl groups is 1. The summed E-state index contributed by atoms with van der Waals surface area (Å²) in [7, 11) is 0. The predicted molar refractivity (Wildman–Crippen MR) is 51.1 cm³/mol. The molecule has 0 radical (unpaired) electrons. The van der Waals surface area contributed by atoms with Gasteiger partial charge >= 0.3 is 6.18 Å². The van der Waals surface area contributed by atoms with Crippen LogP contribution in [0.1, 0.15) is 5.56 Å². The fraction of sp³-hybridized carbons (Fsp3) is 0.429. The summed E-state index contributed by atoms with van der Waals surface area (Å²) in [6.45, 7) is 0. The van der Waals surface area contributed by atoms with Crippen LogP contribution in [0.5, 0.6) is 5.88 Å². The van der Waals surface area contributed by atoms with E-state index in [2.05, 4.69) is 9.97 Å². The Bertz CT molecular complexity index is 341. The van der Waals surface area contributed by atoms with Gasteiger partial charge in [0.15, 0.2) is 6.10 Å². The molecule has 4 N–H and O–H groups in total. The van der Waals surface area contributed by atoms with Gasteiger partial charge in [-0.2, -0.15) is 13.2 Å². The molecule has 16 heavy (non-hydrogen) atoms. The summed E-state index contributed by atoms with van der Waals surface area (Å²) in [5.74, 6) is -0.948. The van der Waals surface area contributed by atoms with Gasteiger partial charge < -0.3 is 15.9 Å². The van der Waals surface area contributed by atoms with E-state index < -0.39 is 24.6 Å². The summed E-state index contributed by atoms with van der Waals surface area (Å²) < 4.78 is 36.0. The normalized spacial score (nSPS) is 13.0. The Morgan fingerprint density at radius 2 is 1.94 bits per heavy atom. The van der Waals surface area contributed by atoms with E-state index >= 15 is 0 Å². The molecule has 0 aliphatic heterocycles. The second-order valence-corrected chi connectivity index (χ2v) is 2.82. The zero-order chi connectivity index (χ0) is 11.6. The lowest BCUT2D eigenvalue weighted by Crippen LogP contribution is -2.30. The molecule has 9 heteroatoms. The molecule has 1 aromatic rings. The molecular weight excluding hydrogens is 251 g/mol. The quantitative estimate of drug-likeness (QED) is 0.725. The number of aliphatic hydroxyl groups excluding tert-OH is 1. The van der Waals surface area contributed by atoms with Crippen molar-refractivity contribution in [1.29, 1.82) is 0 Å². The molecule has 1 atom stereocenters. The average molecular weight is 260 g/mol. The Kier molecular flexibility index (Phi) is 4.76. The third-order valence-electron chi connectivity index (χ3n) is 1.73. The Labute approximate surface area is 94.5 Å². The van der Waals surface area contributed by atoms with E-state index in [9.17, 15) is 13.2 Å². The highest BCUT2D eigenvalue weighted by atomic mass is 35.5. The molecule has 92 valence electrons. The minimum Gasteiger partial charge on any atom is -0.493 e. The lowest BCUT2D eigenvalue weighted by atomic mass is 10.1. The Morgan fingerprint density at radius 3 is 2.38 bits per heavy atom. The van der Waals surface area contributed by atoms with E-state index in [0.29, 0.717) is 0 Å². The van der Waals surface area contributed by atoms with E-state index in [1.807, 2.05) is 0 Å². The van der Waals surface area contributed by atoms with E-state index in [0.717, 1.165) is 6.33 Å². The fourth-order valence-electron chi connectivity index (χ4n) is 0.921. The van der Waals surface area contributed by atoms with Crippen LogP contribution in [-0.4, -0.2) is 32.5 Å². The number of anilines is 1. The number of nitrogen functional groups attached to an aromatic ring is 1. The third-order valence-corrected chi connectivity index (χ3v) is 1.73. The van der Waals surface area contributed by atoms with Crippen molar-refractivity contribution in [3.8, 4) is 5.88 Å². The summed E-state index contributed by atoms with van der Waals surface area (Å²) >= 11 is 0. The maximum atomic E-state index is 12.0. The number of nitrogens with zero attached hydrogens (tertiary/aromatic N) is 2. The molecule has 0 amide bonds. The van der Waals surface area contributed by atoms with Crippen molar-refractivity contribution in [3.05, 3.63) is 11.9 Å². The molecule has 1 rings (SSSR count). The summed E-state index contributed by atoms with van der Waals surface area (Å²) in [6.07, 6.45) is -7.33. The van der Waals surface area contributed by atoms with Crippen LogP contribution in [0.3, 0.4) is 0 Å². The molecule has 0 fully saturated rings. The number of aromatic hydroxyl groups is 1. The highest BCUT2D eigenvalue weighted by molar-refractivity contribution is 5.85. The maximum Gasteiger partial charge on any atom is 0.414 e. The van der Waals surface area contributed by atoms with Gasteiger partial charge in [-0.05, 0) is 0 Å². The van der Waals surface area contributed by atoms with Crippen LogP contribution in [0.15, 0.2) is 6.33 Å². The zero-order valence-corrected chi connectivity index (χ0v) is 8.59. The molecule has 1 unspecified atom stereocenters. The van der Waals surface area contributed by atoms with Gasteiger partial charge in [0, 0.05) is 6.42 Å². The van der Waals surface area contributed by atoms with Crippen LogP contribution in [0.2, 0.25) is 0 Å². The molecule has 0 saturated carbocycles. The summed E-state index contributed by atoms with van der Waals surface area (Å²) in [6, 6.07) is 0. The lowest BCUT2D eigenvalue weighted by Gasteiger charge is -2.15. The van der Waals surface area contributed by atoms with Gasteiger partial charge in [-0.3, -0.25) is 0 Å². The first-order chi connectivity index (χ1) is 6.82.